The molecule has 5 heteroatoms. The van der Waals surface area contributed by atoms with Gasteiger partial charge in [0.05, 0.1) is 12.5 Å². The van der Waals surface area contributed by atoms with Crippen LogP contribution in [0.5, 0.6) is 0 Å². The Labute approximate surface area is 147 Å². The van der Waals surface area contributed by atoms with Crippen LogP contribution in [-0.2, 0) is 16.0 Å². The van der Waals surface area contributed by atoms with E-state index in [4.69, 9.17) is 4.74 Å². The maximum Gasteiger partial charge on any atom is 0.251 e. The van der Waals surface area contributed by atoms with Gasteiger partial charge < -0.3 is 15.4 Å². The molecule has 2 aromatic carbocycles. The number of amides is 2. The van der Waals surface area contributed by atoms with Crippen LogP contribution in [0.4, 0.5) is 5.69 Å². The molecule has 1 saturated heterocycles. The second-order valence-corrected chi connectivity index (χ2v) is 6.14. The van der Waals surface area contributed by atoms with Crippen molar-refractivity contribution in [3.8, 4) is 0 Å². The molecule has 25 heavy (non-hydrogen) atoms. The lowest BCUT2D eigenvalue weighted by molar-refractivity contribution is -0.115. The number of benzene rings is 2. The van der Waals surface area contributed by atoms with Crippen LogP contribution < -0.4 is 10.6 Å². The lowest BCUT2D eigenvalue weighted by Crippen LogP contribution is -2.31. The molecule has 2 aromatic rings. The van der Waals surface area contributed by atoms with E-state index in [-0.39, 0.29) is 17.9 Å². The second-order valence-electron chi connectivity index (χ2n) is 6.14. The zero-order chi connectivity index (χ0) is 17.5. The third-order valence-corrected chi connectivity index (χ3v) is 4.13. The van der Waals surface area contributed by atoms with E-state index in [2.05, 4.69) is 10.6 Å². The number of hydrogen-bond acceptors (Lipinski definition) is 3. The number of carbonyl (C=O) groups is 2. The summed E-state index contributed by atoms with van der Waals surface area (Å²) in [6, 6.07) is 16.5. The van der Waals surface area contributed by atoms with Crippen molar-refractivity contribution in [1.29, 1.82) is 0 Å². The van der Waals surface area contributed by atoms with Crippen molar-refractivity contribution in [2.24, 2.45) is 0 Å². The summed E-state index contributed by atoms with van der Waals surface area (Å²) >= 11 is 0. The molecule has 1 atom stereocenters. The summed E-state index contributed by atoms with van der Waals surface area (Å²) in [6.07, 6.45) is 2.44. The van der Waals surface area contributed by atoms with Crippen molar-refractivity contribution < 1.29 is 14.3 Å². The van der Waals surface area contributed by atoms with Crippen LogP contribution in [0.3, 0.4) is 0 Å². The van der Waals surface area contributed by atoms with Crippen molar-refractivity contribution in [1.82, 2.24) is 5.32 Å². The molecule has 2 amide bonds. The number of hydrogen-bond donors (Lipinski definition) is 2. The molecule has 0 spiro atoms. The molecule has 3 rings (SSSR count). The monoisotopic (exact) mass is 338 g/mol. The van der Waals surface area contributed by atoms with Gasteiger partial charge in [-0.2, -0.15) is 0 Å². The minimum atomic E-state index is -0.158. The van der Waals surface area contributed by atoms with E-state index in [0.717, 1.165) is 25.0 Å². The Morgan fingerprint density at radius 2 is 1.92 bits per heavy atom. The van der Waals surface area contributed by atoms with Gasteiger partial charge in [-0.1, -0.05) is 36.4 Å². The predicted molar refractivity (Wildman–Crippen MR) is 96.5 cm³/mol. The first-order chi connectivity index (χ1) is 12.2. The third kappa shape index (κ3) is 5.16. The van der Waals surface area contributed by atoms with Gasteiger partial charge in [0.25, 0.3) is 5.91 Å². The summed E-state index contributed by atoms with van der Waals surface area (Å²) in [7, 11) is 0. The smallest absolute Gasteiger partial charge is 0.251 e. The van der Waals surface area contributed by atoms with E-state index in [1.807, 2.05) is 30.3 Å². The van der Waals surface area contributed by atoms with Crippen LogP contribution in [0, 0.1) is 0 Å². The quantitative estimate of drug-likeness (QED) is 0.851. The largest absolute Gasteiger partial charge is 0.376 e. The highest BCUT2D eigenvalue weighted by molar-refractivity contribution is 5.97. The fourth-order valence-electron chi connectivity index (χ4n) is 2.84. The standard InChI is InChI=1S/C20H22N2O3/c23-19(12-15-6-2-1-3-7-15)22-17-9-4-8-16(13-17)20(24)21-14-18-10-5-11-25-18/h1-4,6-9,13,18H,5,10-12,14H2,(H,21,24)(H,22,23)/t18-/m1/s1. The predicted octanol–water partition coefficient (Wildman–Crippen LogP) is 2.78. The molecule has 1 aliphatic rings. The van der Waals surface area contributed by atoms with Gasteiger partial charge in [-0.15, -0.1) is 0 Å². The molecule has 130 valence electrons. The molecule has 1 heterocycles. The number of anilines is 1. The number of carbonyl (C=O) groups excluding carboxylic acids is 2. The molecule has 0 saturated carbocycles. The first-order valence-electron chi connectivity index (χ1n) is 8.54. The Balaban J connectivity index is 1.55. The maximum absolute atomic E-state index is 12.3. The Kier molecular flexibility index (Phi) is 5.80. The van der Waals surface area contributed by atoms with E-state index in [1.165, 1.54) is 0 Å². The van der Waals surface area contributed by atoms with Crippen molar-refractivity contribution in [2.45, 2.75) is 25.4 Å². The minimum Gasteiger partial charge on any atom is -0.376 e. The van der Waals surface area contributed by atoms with E-state index >= 15 is 0 Å². The first kappa shape index (κ1) is 17.2. The normalized spacial score (nSPS) is 16.4. The highest BCUT2D eigenvalue weighted by Crippen LogP contribution is 2.13. The van der Waals surface area contributed by atoms with Crippen LogP contribution in [0.25, 0.3) is 0 Å². The minimum absolute atomic E-state index is 0.108. The molecular formula is C20H22N2O3. The lowest BCUT2D eigenvalue weighted by atomic mass is 10.1. The van der Waals surface area contributed by atoms with E-state index in [9.17, 15) is 9.59 Å². The summed E-state index contributed by atoms with van der Waals surface area (Å²) < 4.78 is 5.50. The topological polar surface area (TPSA) is 67.4 Å². The second kappa shape index (κ2) is 8.44. The maximum atomic E-state index is 12.3. The first-order valence-corrected chi connectivity index (χ1v) is 8.54. The molecule has 5 nitrogen and oxygen atoms in total. The summed E-state index contributed by atoms with van der Waals surface area (Å²) in [5.74, 6) is -0.266. The fraction of sp³-hybridized carbons (Fsp3) is 0.300. The summed E-state index contributed by atoms with van der Waals surface area (Å²) in [4.78, 5) is 24.4. The molecule has 1 aliphatic heterocycles. The van der Waals surface area contributed by atoms with Gasteiger partial charge in [0.15, 0.2) is 0 Å². The summed E-state index contributed by atoms with van der Waals surface area (Å²) in [6.45, 7) is 1.28. The fourth-order valence-corrected chi connectivity index (χ4v) is 2.84. The zero-order valence-corrected chi connectivity index (χ0v) is 14.0. The average molecular weight is 338 g/mol. The van der Waals surface area contributed by atoms with Crippen LogP contribution >= 0.6 is 0 Å². The number of nitrogens with one attached hydrogen (secondary N) is 2. The Bertz CT molecular complexity index is 725. The molecule has 0 radical (unpaired) electrons. The van der Waals surface area contributed by atoms with Crippen molar-refractivity contribution in [2.75, 3.05) is 18.5 Å². The van der Waals surface area contributed by atoms with E-state index in [1.54, 1.807) is 24.3 Å². The van der Waals surface area contributed by atoms with Crippen molar-refractivity contribution >= 4 is 17.5 Å². The zero-order valence-electron chi connectivity index (χ0n) is 14.0. The third-order valence-electron chi connectivity index (χ3n) is 4.13. The number of rotatable bonds is 6. The van der Waals surface area contributed by atoms with Gasteiger partial charge >= 0.3 is 0 Å². The SMILES string of the molecule is O=C(Cc1ccccc1)Nc1cccc(C(=O)NC[C@H]2CCCO2)c1. The van der Waals surface area contributed by atoms with Gasteiger partial charge in [-0.25, -0.2) is 0 Å². The highest BCUT2D eigenvalue weighted by Gasteiger charge is 2.16. The van der Waals surface area contributed by atoms with Crippen LogP contribution in [-0.4, -0.2) is 31.1 Å². The van der Waals surface area contributed by atoms with Crippen LogP contribution in [0.2, 0.25) is 0 Å². The summed E-state index contributed by atoms with van der Waals surface area (Å²) in [5, 5.41) is 5.72. The van der Waals surface area contributed by atoms with Gasteiger partial charge in [-0.05, 0) is 36.6 Å². The summed E-state index contributed by atoms with van der Waals surface area (Å²) in [5.41, 5.74) is 2.09. The van der Waals surface area contributed by atoms with Crippen LogP contribution in [0.1, 0.15) is 28.8 Å². The van der Waals surface area contributed by atoms with Gasteiger partial charge in [-0.3, -0.25) is 9.59 Å². The van der Waals surface area contributed by atoms with Crippen molar-refractivity contribution in [3.63, 3.8) is 0 Å². The van der Waals surface area contributed by atoms with Crippen LogP contribution in [0.15, 0.2) is 54.6 Å². The van der Waals surface area contributed by atoms with E-state index in [0.29, 0.717) is 24.2 Å². The van der Waals surface area contributed by atoms with Gasteiger partial charge in [0.1, 0.15) is 0 Å². The lowest BCUT2D eigenvalue weighted by Gasteiger charge is -2.11. The molecule has 2 N–H and O–H groups in total. The van der Waals surface area contributed by atoms with Crippen molar-refractivity contribution in [3.05, 3.63) is 65.7 Å². The molecule has 0 unspecified atom stereocenters. The Morgan fingerprint density at radius 1 is 1.08 bits per heavy atom. The molecule has 1 fully saturated rings. The molecular weight excluding hydrogens is 316 g/mol. The molecule has 0 aromatic heterocycles. The average Bonchev–Trinajstić information content (AvgIpc) is 3.14. The van der Waals surface area contributed by atoms with Gasteiger partial charge in [0.2, 0.25) is 5.91 Å². The van der Waals surface area contributed by atoms with Gasteiger partial charge in [0, 0.05) is 24.4 Å². The molecule has 0 bridgehead atoms. The molecule has 0 aliphatic carbocycles. The number of ether oxygens (including phenoxy) is 1. The Hall–Kier alpha value is -2.66. The van der Waals surface area contributed by atoms with E-state index < -0.39 is 0 Å². The Morgan fingerprint density at radius 3 is 2.68 bits per heavy atom. The highest BCUT2D eigenvalue weighted by atomic mass is 16.5.